The van der Waals surface area contributed by atoms with Crippen molar-refractivity contribution >= 4 is 11.8 Å². The molecule has 0 unspecified atom stereocenters. The van der Waals surface area contributed by atoms with E-state index < -0.39 is 0 Å². The summed E-state index contributed by atoms with van der Waals surface area (Å²) in [7, 11) is 3.49. The van der Waals surface area contributed by atoms with E-state index in [0.717, 1.165) is 24.9 Å². The molecule has 2 aliphatic heterocycles. The van der Waals surface area contributed by atoms with Crippen molar-refractivity contribution in [2.45, 2.75) is 37.9 Å². The number of rotatable bonds is 4. The van der Waals surface area contributed by atoms with Crippen molar-refractivity contribution in [3.05, 3.63) is 24.3 Å². The van der Waals surface area contributed by atoms with Gasteiger partial charge in [0.1, 0.15) is 12.4 Å². The van der Waals surface area contributed by atoms with Gasteiger partial charge < -0.3 is 14.5 Å². The highest BCUT2D eigenvalue weighted by Crippen LogP contribution is 2.34. The number of aryl methyl sites for hydroxylation is 1. The molecule has 1 aromatic heterocycles. The molecule has 24 heavy (non-hydrogen) atoms. The molecule has 0 radical (unpaired) electrons. The smallest absolute Gasteiger partial charge is 0.251 e. The van der Waals surface area contributed by atoms with Crippen molar-refractivity contribution in [2.24, 2.45) is 5.92 Å². The second kappa shape index (κ2) is 7.25. The van der Waals surface area contributed by atoms with Gasteiger partial charge in [-0.25, -0.2) is 9.97 Å². The normalized spacial score (nSPS) is 26.1. The number of piperidine rings is 1. The Kier molecular flexibility index (Phi) is 5.08. The second-order valence-corrected chi connectivity index (χ2v) is 6.77. The minimum atomic E-state index is -0.355. The third kappa shape index (κ3) is 3.72. The zero-order chi connectivity index (χ0) is 17.1. The Morgan fingerprint density at radius 3 is 2.79 bits per heavy atom. The van der Waals surface area contributed by atoms with Crippen LogP contribution < -0.4 is 0 Å². The standard InChI is InChI=1S/C17H24N4O3/c1-20(2)17(23)14-7-13-5-6-21(10-15(13)24-14)16(22)4-3-12-8-18-11-19-9-12/h8-9,11,13-15H,3-7,10H2,1-2H3/t13-,14+,15-/m0/s1. The molecule has 2 amide bonds. The molecule has 0 N–H and O–H groups in total. The van der Waals surface area contributed by atoms with E-state index in [0.29, 0.717) is 25.3 Å². The van der Waals surface area contributed by atoms with Crippen LogP contribution in [0.5, 0.6) is 0 Å². The monoisotopic (exact) mass is 332 g/mol. The largest absolute Gasteiger partial charge is 0.363 e. The van der Waals surface area contributed by atoms with E-state index in [1.54, 1.807) is 31.4 Å². The minimum absolute atomic E-state index is 0.0170. The molecule has 7 heteroatoms. The van der Waals surface area contributed by atoms with E-state index in [9.17, 15) is 9.59 Å². The van der Waals surface area contributed by atoms with E-state index in [1.807, 2.05) is 4.90 Å². The minimum Gasteiger partial charge on any atom is -0.363 e. The molecule has 0 bridgehead atoms. The lowest BCUT2D eigenvalue weighted by atomic mass is 9.91. The summed E-state index contributed by atoms with van der Waals surface area (Å²) in [4.78, 5) is 35.9. The fraction of sp³-hybridized carbons (Fsp3) is 0.647. The fourth-order valence-corrected chi connectivity index (χ4v) is 3.47. The lowest BCUT2D eigenvalue weighted by Gasteiger charge is -2.34. The molecular weight excluding hydrogens is 308 g/mol. The highest BCUT2D eigenvalue weighted by molar-refractivity contribution is 5.81. The van der Waals surface area contributed by atoms with Gasteiger partial charge in [0, 0.05) is 46.0 Å². The number of hydrogen-bond donors (Lipinski definition) is 0. The third-order valence-electron chi connectivity index (χ3n) is 4.86. The van der Waals surface area contributed by atoms with Crippen LogP contribution in [0.15, 0.2) is 18.7 Å². The van der Waals surface area contributed by atoms with Gasteiger partial charge in [0.05, 0.1) is 6.10 Å². The van der Waals surface area contributed by atoms with Crippen molar-refractivity contribution in [3.63, 3.8) is 0 Å². The van der Waals surface area contributed by atoms with Crippen LogP contribution >= 0.6 is 0 Å². The third-order valence-corrected chi connectivity index (χ3v) is 4.86. The van der Waals surface area contributed by atoms with Gasteiger partial charge in [-0.1, -0.05) is 0 Å². The summed E-state index contributed by atoms with van der Waals surface area (Å²) in [6.45, 7) is 1.34. The lowest BCUT2D eigenvalue weighted by molar-refractivity contribution is -0.142. The summed E-state index contributed by atoms with van der Waals surface area (Å²) in [5.41, 5.74) is 0.967. The zero-order valence-corrected chi connectivity index (χ0v) is 14.2. The Hall–Kier alpha value is -2.02. The summed E-state index contributed by atoms with van der Waals surface area (Å²) in [5.74, 6) is 0.528. The van der Waals surface area contributed by atoms with Crippen molar-refractivity contribution in [1.29, 1.82) is 0 Å². The van der Waals surface area contributed by atoms with Gasteiger partial charge in [-0.05, 0) is 30.7 Å². The van der Waals surface area contributed by atoms with Gasteiger partial charge in [-0.3, -0.25) is 9.59 Å². The summed E-state index contributed by atoms with van der Waals surface area (Å²) in [5, 5.41) is 0. The first-order valence-corrected chi connectivity index (χ1v) is 8.43. The van der Waals surface area contributed by atoms with E-state index in [-0.39, 0.29) is 24.0 Å². The van der Waals surface area contributed by atoms with Gasteiger partial charge in [0.2, 0.25) is 5.91 Å². The van der Waals surface area contributed by atoms with Crippen LogP contribution in [0.2, 0.25) is 0 Å². The van der Waals surface area contributed by atoms with Gasteiger partial charge in [0.15, 0.2) is 0 Å². The lowest BCUT2D eigenvalue weighted by Crippen LogP contribution is -2.45. The Balaban J connectivity index is 1.51. The Labute approximate surface area is 142 Å². The number of likely N-dealkylation sites (tertiary alicyclic amines) is 1. The molecule has 7 nitrogen and oxygen atoms in total. The maximum absolute atomic E-state index is 12.4. The SMILES string of the molecule is CN(C)C(=O)[C@H]1C[C@@H]2CCN(C(=O)CCc3cncnc3)C[C@@H]2O1. The number of carbonyl (C=O) groups is 2. The molecule has 2 aliphatic rings. The van der Waals surface area contributed by atoms with Gasteiger partial charge >= 0.3 is 0 Å². The maximum atomic E-state index is 12.4. The average molecular weight is 332 g/mol. The second-order valence-electron chi connectivity index (χ2n) is 6.77. The van der Waals surface area contributed by atoms with Crippen molar-refractivity contribution in [3.8, 4) is 0 Å². The van der Waals surface area contributed by atoms with Gasteiger partial charge in [-0.2, -0.15) is 0 Å². The molecule has 0 aromatic carbocycles. The number of amides is 2. The molecule has 0 saturated carbocycles. The summed E-state index contributed by atoms with van der Waals surface area (Å²) >= 11 is 0. The number of hydrogen-bond acceptors (Lipinski definition) is 5. The number of likely N-dealkylation sites (N-methyl/N-ethyl adjacent to an activating group) is 1. The molecule has 3 heterocycles. The first-order valence-electron chi connectivity index (χ1n) is 8.43. The fourth-order valence-electron chi connectivity index (χ4n) is 3.47. The number of fused-ring (bicyclic) bond motifs is 1. The van der Waals surface area contributed by atoms with Gasteiger partial charge in [-0.15, -0.1) is 0 Å². The van der Waals surface area contributed by atoms with Crippen LogP contribution in [-0.4, -0.2) is 71.0 Å². The molecule has 0 spiro atoms. The molecule has 2 saturated heterocycles. The maximum Gasteiger partial charge on any atom is 0.251 e. The van der Waals surface area contributed by atoms with Crippen LogP contribution in [0.3, 0.4) is 0 Å². The Morgan fingerprint density at radius 2 is 2.08 bits per heavy atom. The zero-order valence-electron chi connectivity index (χ0n) is 14.2. The molecule has 3 atom stereocenters. The van der Waals surface area contributed by atoms with Gasteiger partial charge in [0.25, 0.3) is 5.91 Å². The van der Waals surface area contributed by atoms with E-state index in [4.69, 9.17) is 4.74 Å². The molecule has 3 rings (SSSR count). The predicted octanol–water partition coefficient (Wildman–Crippen LogP) is 0.503. The number of aromatic nitrogens is 2. The van der Waals surface area contributed by atoms with E-state index >= 15 is 0 Å². The molecule has 2 fully saturated rings. The van der Waals surface area contributed by atoms with E-state index in [2.05, 4.69) is 9.97 Å². The van der Waals surface area contributed by atoms with Crippen LogP contribution in [0.1, 0.15) is 24.8 Å². The van der Waals surface area contributed by atoms with Crippen LogP contribution in [-0.2, 0) is 20.7 Å². The average Bonchev–Trinajstić information content (AvgIpc) is 3.02. The summed E-state index contributed by atoms with van der Waals surface area (Å²) in [6.07, 6.45) is 7.36. The highest BCUT2D eigenvalue weighted by Gasteiger charge is 2.42. The van der Waals surface area contributed by atoms with Crippen molar-refractivity contribution in [1.82, 2.24) is 19.8 Å². The number of carbonyl (C=O) groups excluding carboxylic acids is 2. The number of ether oxygens (including phenoxy) is 1. The van der Waals surface area contributed by atoms with Crippen LogP contribution in [0.25, 0.3) is 0 Å². The highest BCUT2D eigenvalue weighted by atomic mass is 16.5. The summed E-state index contributed by atoms with van der Waals surface area (Å²) in [6, 6.07) is 0. The topological polar surface area (TPSA) is 75.6 Å². The summed E-state index contributed by atoms with van der Waals surface area (Å²) < 4.78 is 5.93. The Morgan fingerprint density at radius 1 is 1.33 bits per heavy atom. The van der Waals surface area contributed by atoms with Crippen molar-refractivity contribution < 1.29 is 14.3 Å². The first-order chi connectivity index (χ1) is 11.5. The van der Waals surface area contributed by atoms with E-state index in [1.165, 1.54) is 6.33 Å². The number of nitrogens with zero attached hydrogens (tertiary/aromatic N) is 4. The molecule has 0 aliphatic carbocycles. The van der Waals surface area contributed by atoms with Crippen LogP contribution in [0.4, 0.5) is 0 Å². The first kappa shape index (κ1) is 16.8. The molecular formula is C17H24N4O3. The quantitative estimate of drug-likeness (QED) is 0.803. The Bertz CT molecular complexity index is 593. The van der Waals surface area contributed by atoms with Crippen LogP contribution in [0, 0.1) is 5.92 Å². The molecule has 130 valence electrons. The predicted molar refractivity (Wildman–Crippen MR) is 87.0 cm³/mol. The molecule has 1 aromatic rings. The van der Waals surface area contributed by atoms with Crippen molar-refractivity contribution in [2.75, 3.05) is 27.2 Å².